The molecule has 3 rings (SSSR count). The summed E-state index contributed by atoms with van der Waals surface area (Å²) in [5.74, 6) is 0.929. The number of nitrogens with one attached hydrogen (secondary N) is 1. The molecule has 0 saturated carbocycles. The highest BCUT2D eigenvalue weighted by molar-refractivity contribution is 5.51. The van der Waals surface area contributed by atoms with Gasteiger partial charge in [0.05, 0.1) is 11.2 Å². The molecule has 90 valence electrons. The fourth-order valence-corrected chi connectivity index (χ4v) is 2.35. The van der Waals surface area contributed by atoms with E-state index >= 15 is 0 Å². The molecule has 0 radical (unpaired) electrons. The molecular formula is C13H17N3O. The highest BCUT2D eigenvalue weighted by Gasteiger charge is 2.21. The van der Waals surface area contributed by atoms with Crippen molar-refractivity contribution in [3.63, 3.8) is 0 Å². The minimum Gasteiger partial charge on any atom is -0.489 e. The molecule has 1 aliphatic heterocycles. The van der Waals surface area contributed by atoms with Gasteiger partial charge in [0.25, 0.3) is 0 Å². The predicted octanol–water partition coefficient (Wildman–Crippen LogP) is 1.77. The molecule has 4 heteroatoms. The standard InChI is InChI=1S/C13H17N3O/c1-9-6-13(8-14-9)17-12-3-4-16-11(7-12)5-10(2)15-16/h3-5,7,9,13-14H,6,8H2,1-2H3/t9-,13+/m0/s1. The number of aromatic nitrogens is 2. The van der Waals surface area contributed by atoms with Crippen LogP contribution in [-0.4, -0.2) is 28.3 Å². The molecule has 0 amide bonds. The minimum absolute atomic E-state index is 0.288. The monoisotopic (exact) mass is 231 g/mol. The number of hydrogen-bond donors (Lipinski definition) is 1. The summed E-state index contributed by atoms with van der Waals surface area (Å²) in [6.07, 6.45) is 3.31. The van der Waals surface area contributed by atoms with E-state index in [2.05, 4.69) is 23.4 Å². The molecule has 2 aromatic heterocycles. The molecule has 4 nitrogen and oxygen atoms in total. The second kappa shape index (κ2) is 4.04. The van der Waals surface area contributed by atoms with Gasteiger partial charge in [-0.1, -0.05) is 0 Å². The van der Waals surface area contributed by atoms with Gasteiger partial charge in [0.2, 0.25) is 0 Å². The van der Waals surface area contributed by atoms with E-state index in [4.69, 9.17) is 4.74 Å². The lowest BCUT2D eigenvalue weighted by Gasteiger charge is -2.12. The van der Waals surface area contributed by atoms with E-state index in [0.29, 0.717) is 6.04 Å². The maximum absolute atomic E-state index is 5.96. The third kappa shape index (κ3) is 2.13. The van der Waals surface area contributed by atoms with E-state index in [1.54, 1.807) is 0 Å². The van der Waals surface area contributed by atoms with E-state index in [1.807, 2.05) is 29.8 Å². The molecule has 0 unspecified atom stereocenters. The van der Waals surface area contributed by atoms with E-state index in [-0.39, 0.29) is 6.10 Å². The van der Waals surface area contributed by atoms with Crippen molar-refractivity contribution < 1.29 is 4.74 Å². The Labute approximate surface area is 101 Å². The van der Waals surface area contributed by atoms with Crippen molar-refractivity contribution in [2.45, 2.75) is 32.4 Å². The molecule has 0 spiro atoms. The maximum atomic E-state index is 5.96. The van der Waals surface area contributed by atoms with Gasteiger partial charge in [-0.3, -0.25) is 0 Å². The first kappa shape index (κ1) is 10.6. The quantitative estimate of drug-likeness (QED) is 0.856. The molecule has 2 aromatic rings. The van der Waals surface area contributed by atoms with Crippen LogP contribution >= 0.6 is 0 Å². The van der Waals surface area contributed by atoms with Gasteiger partial charge in [-0.05, 0) is 26.0 Å². The van der Waals surface area contributed by atoms with Crippen molar-refractivity contribution in [1.82, 2.24) is 14.9 Å². The van der Waals surface area contributed by atoms with Crippen molar-refractivity contribution >= 4 is 5.52 Å². The molecule has 3 heterocycles. The summed E-state index contributed by atoms with van der Waals surface area (Å²) in [5.41, 5.74) is 2.11. The Morgan fingerprint density at radius 2 is 2.35 bits per heavy atom. The van der Waals surface area contributed by atoms with Gasteiger partial charge in [-0.25, -0.2) is 4.52 Å². The van der Waals surface area contributed by atoms with E-state index in [1.165, 1.54) is 0 Å². The van der Waals surface area contributed by atoms with Gasteiger partial charge in [0.1, 0.15) is 11.9 Å². The molecular weight excluding hydrogens is 214 g/mol. The Balaban J connectivity index is 1.80. The van der Waals surface area contributed by atoms with E-state index in [0.717, 1.165) is 29.9 Å². The minimum atomic E-state index is 0.288. The summed E-state index contributed by atoms with van der Waals surface area (Å²) >= 11 is 0. The van der Waals surface area contributed by atoms with E-state index in [9.17, 15) is 0 Å². The van der Waals surface area contributed by atoms with Crippen molar-refractivity contribution in [3.05, 3.63) is 30.1 Å². The molecule has 17 heavy (non-hydrogen) atoms. The Morgan fingerprint density at radius 3 is 3.12 bits per heavy atom. The third-order valence-electron chi connectivity index (χ3n) is 3.17. The van der Waals surface area contributed by atoms with Crippen molar-refractivity contribution in [2.75, 3.05) is 6.54 Å². The number of aryl methyl sites for hydroxylation is 1. The first-order valence-electron chi connectivity index (χ1n) is 6.07. The molecule has 0 bridgehead atoms. The van der Waals surface area contributed by atoms with Crippen LogP contribution in [0.4, 0.5) is 0 Å². The fraction of sp³-hybridized carbons (Fsp3) is 0.462. The van der Waals surface area contributed by atoms with Gasteiger partial charge in [0.15, 0.2) is 0 Å². The van der Waals surface area contributed by atoms with Gasteiger partial charge in [-0.2, -0.15) is 5.10 Å². The summed E-state index contributed by atoms with van der Waals surface area (Å²) < 4.78 is 7.83. The molecule has 0 aliphatic carbocycles. The average Bonchev–Trinajstić information content (AvgIpc) is 2.83. The number of rotatable bonds is 2. The van der Waals surface area contributed by atoms with Crippen molar-refractivity contribution in [1.29, 1.82) is 0 Å². The lowest BCUT2D eigenvalue weighted by Crippen LogP contribution is -2.20. The highest BCUT2D eigenvalue weighted by Crippen LogP contribution is 2.19. The Kier molecular flexibility index (Phi) is 2.52. The number of nitrogens with zero attached hydrogens (tertiary/aromatic N) is 2. The first-order chi connectivity index (χ1) is 8.20. The van der Waals surface area contributed by atoms with Crippen LogP contribution in [0.2, 0.25) is 0 Å². The molecule has 1 N–H and O–H groups in total. The maximum Gasteiger partial charge on any atom is 0.123 e. The van der Waals surface area contributed by atoms with Gasteiger partial charge in [0, 0.05) is 31.3 Å². The van der Waals surface area contributed by atoms with Crippen LogP contribution < -0.4 is 10.1 Å². The fourth-order valence-electron chi connectivity index (χ4n) is 2.35. The number of pyridine rings is 1. The zero-order valence-corrected chi connectivity index (χ0v) is 10.2. The average molecular weight is 231 g/mol. The van der Waals surface area contributed by atoms with Crippen LogP contribution in [0.1, 0.15) is 19.0 Å². The van der Waals surface area contributed by atoms with Crippen LogP contribution in [0, 0.1) is 6.92 Å². The van der Waals surface area contributed by atoms with Gasteiger partial charge in [-0.15, -0.1) is 0 Å². The largest absolute Gasteiger partial charge is 0.489 e. The lowest BCUT2D eigenvalue weighted by molar-refractivity contribution is 0.220. The second-order valence-electron chi connectivity index (χ2n) is 4.80. The van der Waals surface area contributed by atoms with Crippen LogP contribution in [0.15, 0.2) is 24.4 Å². The molecule has 0 aromatic carbocycles. The number of fused-ring (bicyclic) bond motifs is 1. The Hall–Kier alpha value is -1.55. The molecule has 1 aliphatic rings. The van der Waals surface area contributed by atoms with Gasteiger partial charge >= 0.3 is 0 Å². The van der Waals surface area contributed by atoms with Crippen molar-refractivity contribution in [2.24, 2.45) is 0 Å². The zero-order valence-electron chi connectivity index (χ0n) is 10.2. The number of ether oxygens (including phenoxy) is 1. The summed E-state index contributed by atoms with van der Waals surface area (Å²) in [6, 6.07) is 6.63. The number of hydrogen-bond acceptors (Lipinski definition) is 3. The predicted molar refractivity (Wildman–Crippen MR) is 66.4 cm³/mol. The second-order valence-corrected chi connectivity index (χ2v) is 4.80. The summed E-state index contributed by atoms with van der Waals surface area (Å²) in [7, 11) is 0. The zero-order chi connectivity index (χ0) is 11.8. The van der Waals surface area contributed by atoms with Crippen LogP contribution in [0.3, 0.4) is 0 Å². The molecule has 1 saturated heterocycles. The highest BCUT2D eigenvalue weighted by atomic mass is 16.5. The van der Waals surface area contributed by atoms with Gasteiger partial charge < -0.3 is 10.1 Å². The summed E-state index contributed by atoms with van der Waals surface area (Å²) in [5, 5.41) is 7.74. The van der Waals surface area contributed by atoms with Crippen LogP contribution in [0.25, 0.3) is 5.52 Å². The smallest absolute Gasteiger partial charge is 0.123 e. The summed E-state index contributed by atoms with van der Waals surface area (Å²) in [4.78, 5) is 0. The topological polar surface area (TPSA) is 38.6 Å². The van der Waals surface area contributed by atoms with Crippen LogP contribution in [-0.2, 0) is 0 Å². The molecule has 1 fully saturated rings. The van der Waals surface area contributed by atoms with E-state index < -0.39 is 0 Å². The van der Waals surface area contributed by atoms with Crippen LogP contribution in [0.5, 0.6) is 5.75 Å². The van der Waals surface area contributed by atoms with Crippen molar-refractivity contribution in [3.8, 4) is 5.75 Å². The molecule has 2 atom stereocenters. The lowest BCUT2D eigenvalue weighted by atomic mass is 10.2. The Morgan fingerprint density at radius 1 is 1.47 bits per heavy atom. The third-order valence-corrected chi connectivity index (χ3v) is 3.17. The normalized spacial score (nSPS) is 24.4. The first-order valence-corrected chi connectivity index (χ1v) is 6.07. The summed E-state index contributed by atoms with van der Waals surface area (Å²) in [6.45, 7) is 5.12. The SMILES string of the molecule is Cc1cc2cc(O[C@H]3CN[C@@H](C)C3)ccn2n1. The Bertz CT molecular complexity index is 534.